The number of hydrogen-bond donors (Lipinski definition) is 0. The van der Waals surface area contributed by atoms with Crippen LogP contribution in [0.25, 0.3) is 0 Å². The molecule has 0 saturated heterocycles. The predicted octanol–water partition coefficient (Wildman–Crippen LogP) is 5.29. The summed E-state index contributed by atoms with van der Waals surface area (Å²) in [6, 6.07) is 5.76. The summed E-state index contributed by atoms with van der Waals surface area (Å²) >= 11 is 0. The predicted molar refractivity (Wildman–Crippen MR) is 179 cm³/mol. The monoisotopic (exact) mass is 622 g/mol. The lowest BCUT2D eigenvalue weighted by molar-refractivity contribution is 0.871. The summed E-state index contributed by atoms with van der Waals surface area (Å²) in [7, 11) is 0. The van der Waals surface area contributed by atoms with Crippen LogP contribution in [0.2, 0.25) is 0 Å². The van der Waals surface area contributed by atoms with Gasteiger partial charge in [0.25, 0.3) is 0 Å². The summed E-state index contributed by atoms with van der Waals surface area (Å²) in [5.74, 6) is 2.96. The van der Waals surface area contributed by atoms with Crippen molar-refractivity contribution in [2.75, 3.05) is 0 Å². The van der Waals surface area contributed by atoms with Crippen molar-refractivity contribution >= 4 is 0 Å². The number of hydrogen-bond acceptors (Lipinski definition) is 8. The van der Waals surface area contributed by atoms with E-state index in [2.05, 4.69) is 70.9 Å². The van der Waals surface area contributed by atoms with Crippen molar-refractivity contribution in [3.63, 3.8) is 0 Å². The molecule has 14 nitrogen and oxygen atoms in total. The van der Waals surface area contributed by atoms with Crippen molar-refractivity contribution in [2.45, 2.75) is 104 Å². The molecule has 0 saturated carbocycles. The van der Waals surface area contributed by atoms with Gasteiger partial charge in [0.05, 0.1) is 0 Å². The molecular formula is C31H54N14-6. The molecule has 6 aromatic heterocycles. The molecule has 0 aliphatic heterocycles. The molecule has 254 valence electrons. The molecule has 0 amide bonds. The summed E-state index contributed by atoms with van der Waals surface area (Å²) < 4.78 is 0. The highest BCUT2D eigenvalue weighted by Crippen LogP contribution is 1.85. The lowest BCUT2D eigenvalue weighted by Gasteiger charge is -1.88. The molecule has 0 aliphatic rings. The minimum absolute atomic E-state index is 0.620. The van der Waals surface area contributed by atoms with E-state index in [1.54, 1.807) is 37.9 Å². The van der Waals surface area contributed by atoms with Gasteiger partial charge in [-0.2, -0.15) is 23.3 Å². The lowest BCUT2D eigenvalue weighted by Crippen LogP contribution is -1.75. The van der Waals surface area contributed by atoms with Gasteiger partial charge in [-0.3, -0.25) is 10.3 Å². The van der Waals surface area contributed by atoms with E-state index in [0.29, 0.717) is 5.82 Å². The fourth-order valence-electron chi connectivity index (χ4n) is 1.91. The van der Waals surface area contributed by atoms with Gasteiger partial charge in [-0.15, -0.1) is 0 Å². The summed E-state index contributed by atoms with van der Waals surface area (Å²) in [6.07, 6.45) is 10.1. The summed E-state index contributed by atoms with van der Waals surface area (Å²) in [6.45, 7) is 29.0. The molecule has 6 rings (SSSR count). The Labute approximate surface area is 270 Å². The van der Waals surface area contributed by atoms with Gasteiger partial charge in [0.1, 0.15) is 0 Å². The number of rotatable bonds is 0. The SMILES string of the molecule is CC.CC.CC.CC.Cc1c[n-]cn1.Cc1cc[n-]n1.Cc1ccc[n-]1.Cc1ncc[n-]1.Cc1nnc(C)[n-]1.Cc1nnn[n-]1. The van der Waals surface area contributed by atoms with Crippen LogP contribution in [0.15, 0.2) is 55.5 Å². The van der Waals surface area contributed by atoms with Crippen LogP contribution in [0, 0.1) is 48.5 Å². The fourth-order valence-corrected chi connectivity index (χ4v) is 1.91. The van der Waals surface area contributed by atoms with Gasteiger partial charge < -0.3 is 55.4 Å². The van der Waals surface area contributed by atoms with Gasteiger partial charge in [0.15, 0.2) is 0 Å². The number of aryl methyl sites for hydroxylation is 7. The van der Waals surface area contributed by atoms with Crippen LogP contribution in [0.1, 0.15) is 95.8 Å². The Balaban J connectivity index is -0.000000215. The number of imidazole rings is 2. The van der Waals surface area contributed by atoms with E-state index in [1.807, 2.05) is 115 Å². The van der Waals surface area contributed by atoms with Crippen LogP contribution >= 0.6 is 0 Å². The largest absolute Gasteiger partial charge is 0.668 e. The second kappa shape index (κ2) is 37.1. The van der Waals surface area contributed by atoms with Gasteiger partial charge in [0.2, 0.25) is 0 Å². The topological polar surface area (TPSA) is 188 Å². The molecule has 6 aromatic rings. The highest BCUT2D eigenvalue weighted by molar-refractivity contribution is 4.99. The van der Waals surface area contributed by atoms with Crippen molar-refractivity contribution in [3.8, 4) is 0 Å². The van der Waals surface area contributed by atoms with E-state index in [-0.39, 0.29) is 0 Å². The van der Waals surface area contributed by atoms with Gasteiger partial charge in [-0.05, 0) is 53.2 Å². The average molecular weight is 623 g/mol. The standard InChI is InChI=1S/C5H6N.C4H6N3.3C4H5N2.C2H3N4.4C2H6/c1-5-3-2-4-6-5;1-3-5-4(2)7-6-3;1-4-2-5-3-6-4;1-4-5-2-3-6-4;1-4-2-3-5-6-4;1-2-3-5-6-4-2;4*1-2/h2-4H,1H3;1-2H3;3*2-3H,1H3;1H3;4*1-2H3/q6*-1;;;;. The third-order valence-corrected chi connectivity index (χ3v) is 3.56. The van der Waals surface area contributed by atoms with E-state index in [4.69, 9.17) is 0 Å². The first-order chi connectivity index (χ1) is 21.8. The molecule has 0 atom stereocenters. The Kier molecular flexibility index (Phi) is 38.8. The van der Waals surface area contributed by atoms with Crippen LogP contribution in [-0.2, 0) is 0 Å². The van der Waals surface area contributed by atoms with Gasteiger partial charge in [-0.1, -0.05) is 117 Å². The molecule has 0 radical (unpaired) electrons. The molecule has 0 aromatic carbocycles. The molecule has 45 heavy (non-hydrogen) atoms. The average Bonchev–Trinajstić information content (AvgIpc) is 3.91. The third-order valence-electron chi connectivity index (χ3n) is 3.56. The van der Waals surface area contributed by atoms with Crippen LogP contribution in [-0.4, -0.2) is 40.8 Å². The van der Waals surface area contributed by atoms with Gasteiger partial charge in [-0.25, -0.2) is 0 Å². The molecule has 0 aliphatic carbocycles. The molecule has 0 N–H and O–H groups in total. The normalized spacial score (nSPS) is 7.89. The quantitative estimate of drug-likeness (QED) is 0.212. The number of tetrazole rings is 1. The fraction of sp³-hybridized carbons (Fsp3) is 0.484. The zero-order valence-corrected chi connectivity index (χ0v) is 30.0. The Bertz CT molecular complexity index is 1020. The summed E-state index contributed by atoms with van der Waals surface area (Å²) in [4.78, 5) is 22.9. The van der Waals surface area contributed by atoms with Crippen LogP contribution in [0.4, 0.5) is 0 Å². The maximum Gasteiger partial charge on any atom is 0.0128 e. The molecular weight excluding hydrogens is 568 g/mol. The lowest BCUT2D eigenvalue weighted by atomic mass is 10.5. The zero-order valence-electron chi connectivity index (χ0n) is 30.0. The Hall–Kier alpha value is -4.88. The number of nitrogens with zero attached hydrogens (tertiary/aromatic N) is 14. The molecule has 0 bridgehead atoms. The van der Waals surface area contributed by atoms with E-state index in [9.17, 15) is 0 Å². The smallest absolute Gasteiger partial charge is 0.0128 e. The van der Waals surface area contributed by atoms with Crippen LogP contribution in [0.3, 0.4) is 0 Å². The summed E-state index contributed by atoms with van der Waals surface area (Å²) in [5, 5.41) is 27.9. The van der Waals surface area contributed by atoms with E-state index >= 15 is 0 Å². The molecule has 0 fully saturated rings. The zero-order chi connectivity index (χ0) is 35.3. The van der Waals surface area contributed by atoms with Crippen molar-refractivity contribution in [2.24, 2.45) is 0 Å². The second-order valence-corrected chi connectivity index (χ2v) is 7.05. The summed E-state index contributed by atoms with van der Waals surface area (Å²) in [5.41, 5.74) is 3.06. The first kappa shape index (κ1) is 47.1. The van der Waals surface area contributed by atoms with Crippen molar-refractivity contribution in [3.05, 3.63) is 95.9 Å². The van der Waals surface area contributed by atoms with Crippen molar-refractivity contribution in [1.29, 1.82) is 0 Å². The van der Waals surface area contributed by atoms with Gasteiger partial charge >= 0.3 is 0 Å². The first-order valence-electron chi connectivity index (χ1n) is 15.0. The van der Waals surface area contributed by atoms with Crippen LogP contribution < -0.4 is 30.1 Å². The highest BCUT2D eigenvalue weighted by Gasteiger charge is 1.73. The minimum atomic E-state index is 0.620. The Morgan fingerprint density at radius 3 is 1.33 bits per heavy atom. The molecule has 0 unspecified atom stereocenters. The molecule has 6 heterocycles. The third kappa shape index (κ3) is 35.2. The van der Waals surface area contributed by atoms with Crippen LogP contribution in [0.5, 0.6) is 0 Å². The molecule has 14 heteroatoms. The number of aromatic nitrogens is 14. The maximum atomic E-state index is 3.92. The first-order valence-corrected chi connectivity index (χ1v) is 15.0. The maximum absolute atomic E-state index is 3.92. The highest BCUT2D eigenvalue weighted by atomic mass is 15.5. The van der Waals surface area contributed by atoms with Gasteiger partial charge in [0, 0.05) is 11.5 Å². The second-order valence-electron chi connectivity index (χ2n) is 7.05. The van der Waals surface area contributed by atoms with E-state index in [0.717, 1.165) is 34.6 Å². The minimum Gasteiger partial charge on any atom is -0.668 e. The Morgan fingerprint density at radius 1 is 0.578 bits per heavy atom. The van der Waals surface area contributed by atoms with Crippen molar-refractivity contribution < 1.29 is 0 Å². The van der Waals surface area contributed by atoms with Crippen molar-refractivity contribution in [1.82, 2.24) is 70.9 Å². The Morgan fingerprint density at radius 2 is 1.20 bits per heavy atom. The molecule has 0 spiro atoms. The van der Waals surface area contributed by atoms with E-state index < -0.39 is 0 Å². The van der Waals surface area contributed by atoms with E-state index in [1.165, 1.54) is 6.33 Å².